The monoisotopic (exact) mass is 499 g/mol. The van der Waals surface area contributed by atoms with Gasteiger partial charge in [-0.2, -0.15) is 0 Å². The van der Waals surface area contributed by atoms with Crippen LogP contribution in [0.15, 0.2) is 84.9 Å². The zero-order valence-electron chi connectivity index (χ0n) is 22.6. The summed E-state index contributed by atoms with van der Waals surface area (Å²) >= 11 is 0. The molecule has 0 saturated heterocycles. The van der Waals surface area contributed by atoms with Crippen LogP contribution in [0.25, 0.3) is 6.08 Å². The van der Waals surface area contributed by atoms with E-state index in [1.54, 1.807) is 0 Å². The third-order valence-electron chi connectivity index (χ3n) is 7.24. The van der Waals surface area contributed by atoms with E-state index in [0.29, 0.717) is 6.61 Å². The van der Waals surface area contributed by atoms with Crippen LogP contribution in [0, 0.1) is 0 Å². The molecule has 0 radical (unpaired) electrons. The smallest absolute Gasteiger partial charge is 0.261 e. The standard InChI is InChI=1S/C32H41NO2Si/c1-24-29-19-13-14-25(20-21-32(5,6)34)30(29)22-26(33-24)23-35-36(31(2,3)4,27-15-9-7-10-16-27)28-17-11-8-12-18-28/h7-21,24,26,33-34H,22-23H2,1-6H3/b21-20+/t24-,26+/m0/s1. The summed E-state index contributed by atoms with van der Waals surface area (Å²) in [5.74, 6) is 0. The predicted molar refractivity (Wildman–Crippen MR) is 154 cm³/mol. The van der Waals surface area contributed by atoms with Crippen molar-refractivity contribution in [1.29, 1.82) is 0 Å². The number of aliphatic hydroxyl groups is 1. The van der Waals surface area contributed by atoms with Crippen LogP contribution in [0.4, 0.5) is 0 Å². The normalized spacial score (nSPS) is 18.9. The zero-order valence-corrected chi connectivity index (χ0v) is 23.6. The molecule has 3 aromatic rings. The molecular formula is C32H41NO2Si. The van der Waals surface area contributed by atoms with Gasteiger partial charge in [-0.15, -0.1) is 0 Å². The quantitative estimate of drug-likeness (QED) is 0.415. The molecule has 0 spiro atoms. The molecule has 0 aliphatic carbocycles. The zero-order chi connectivity index (χ0) is 26.0. The molecular weight excluding hydrogens is 458 g/mol. The van der Waals surface area contributed by atoms with Crippen molar-refractivity contribution in [3.8, 4) is 0 Å². The lowest BCUT2D eigenvalue weighted by Gasteiger charge is -2.44. The first-order valence-electron chi connectivity index (χ1n) is 13.1. The van der Waals surface area contributed by atoms with E-state index >= 15 is 0 Å². The van der Waals surface area contributed by atoms with Crippen molar-refractivity contribution in [3.05, 3.63) is 102 Å². The van der Waals surface area contributed by atoms with Gasteiger partial charge in [0.2, 0.25) is 0 Å². The molecule has 2 N–H and O–H groups in total. The fourth-order valence-corrected chi connectivity index (χ4v) is 10.2. The van der Waals surface area contributed by atoms with Crippen LogP contribution in [0.2, 0.25) is 5.04 Å². The van der Waals surface area contributed by atoms with E-state index in [9.17, 15) is 5.11 Å². The Morgan fingerprint density at radius 3 is 2.00 bits per heavy atom. The molecule has 36 heavy (non-hydrogen) atoms. The SMILES string of the molecule is C[C@@H]1N[C@@H](CO[Si](c2ccccc2)(c2ccccc2)C(C)(C)C)Cc2c(/C=C/C(C)(C)O)cccc21. The van der Waals surface area contributed by atoms with E-state index in [4.69, 9.17) is 4.43 Å². The predicted octanol–water partition coefficient (Wildman–Crippen LogP) is 5.62. The van der Waals surface area contributed by atoms with Crippen molar-refractivity contribution < 1.29 is 9.53 Å². The van der Waals surface area contributed by atoms with Gasteiger partial charge in [-0.05, 0) is 59.3 Å². The second-order valence-electron chi connectivity index (χ2n) is 11.7. The summed E-state index contributed by atoms with van der Waals surface area (Å²) in [6, 6.07) is 28.6. The maximum absolute atomic E-state index is 10.2. The Hall–Kier alpha value is -2.50. The highest BCUT2D eigenvalue weighted by molar-refractivity contribution is 6.99. The topological polar surface area (TPSA) is 41.5 Å². The van der Waals surface area contributed by atoms with Gasteiger partial charge in [-0.25, -0.2) is 0 Å². The lowest BCUT2D eigenvalue weighted by atomic mass is 9.87. The van der Waals surface area contributed by atoms with Crippen molar-refractivity contribution >= 4 is 24.8 Å². The van der Waals surface area contributed by atoms with Gasteiger partial charge in [0.15, 0.2) is 0 Å². The van der Waals surface area contributed by atoms with Crippen LogP contribution in [-0.2, 0) is 10.8 Å². The third kappa shape index (κ3) is 5.57. The van der Waals surface area contributed by atoms with Gasteiger partial charge in [-0.1, -0.05) is 112 Å². The molecule has 4 rings (SSSR count). The minimum atomic E-state index is -2.59. The van der Waals surface area contributed by atoms with Crippen molar-refractivity contribution in [2.45, 2.75) is 70.7 Å². The van der Waals surface area contributed by atoms with Crippen LogP contribution in [0.3, 0.4) is 0 Å². The molecule has 0 unspecified atom stereocenters. The molecule has 0 saturated carbocycles. The summed E-state index contributed by atoms with van der Waals surface area (Å²) in [6.45, 7) is 13.5. The molecule has 0 amide bonds. The highest BCUT2D eigenvalue weighted by Crippen LogP contribution is 2.37. The third-order valence-corrected chi connectivity index (χ3v) is 12.2. The van der Waals surface area contributed by atoms with Gasteiger partial charge in [0.25, 0.3) is 8.32 Å². The van der Waals surface area contributed by atoms with E-state index in [1.165, 1.54) is 27.1 Å². The number of nitrogens with one attached hydrogen (secondary N) is 1. The Morgan fingerprint density at radius 2 is 1.47 bits per heavy atom. The number of fused-ring (bicyclic) bond motifs is 1. The van der Waals surface area contributed by atoms with Crippen LogP contribution in [-0.4, -0.2) is 31.7 Å². The lowest BCUT2D eigenvalue weighted by Crippen LogP contribution is -2.67. The average molecular weight is 500 g/mol. The first kappa shape index (κ1) is 26.6. The van der Waals surface area contributed by atoms with Crippen molar-refractivity contribution in [2.24, 2.45) is 0 Å². The Bertz CT molecular complexity index is 1140. The largest absolute Gasteiger partial charge is 0.406 e. The maximum Gasteiger partial charge on any atom is 0.261 e. The first-order chi connectivity index (χ1) is 17.0. The van der Waals surface area contributed by atoms with E-state index in [0.717, 1.165) is 6.42 Å². The molecule has 190 valence electrons. The van der Waals surface area contributed by atoms with E-state index in [2.05, 4.69) is 118 Å². The summed E-state index contributed by atoms with van der Waals surface area (Å²) in [5, 5.41) is 16.6. The Kier molecular flexibility index (Phi) is 7.72. The van der Waals surface area contributed by atoms with Gasteiger partial charge in [0.05, 0.1) is 12.2 Å². The van der Waals surface area contributed by atoms with Gasteiger partial charge in [-0.3, -0.25) is 0 Å². The van der Waals surface area contributed by atoms with Crippen LogP contribution < -0.4 is 15.7 Å². The van der Waals surface area contributed by atoms with E-state index in [1.807, 2.05) is 19.9 Å². The number of hydrogen-bond acceptors (Lipinski definition) is 3. The van der Waals surface area contributed by atoms with Crippen molar-refractivity contribution in [2.75, 3.05) is 6.61 Å². The molecule has 3 aromatic carbocycles. The molecule has 0 fully saturated rings. The fraction of sp³-hybridized carbons (Fsp3) is 0.375. The second-order valence-corrected chi connectivity index (χ2v) is 16.0. The van der Waals surface area contributed by atoms with Gasteiger partial charge in [0, 0.05) is 12.1 Å². The highest BCUT2D eigenvalue weighted by Gasteiger charge is 2.50. The summed E-state index contributed by atoms with van der Waals surface area (Å²) in [4.78, 5) is 0. The number of hydrogen-bond donors (Lipinski definition) is 2. The fourth-order valence-electron chi connectivity index (χ4n) is 5.56. The van der Waals surface area contributed by atoms with Gasteiger partial charge in [0.1, 0.15) is 0 Å². The minimum absolute atomic E-state index is 0.0471. The number of rotatable bonds is 7. The minimum Gasteiger partial charge on any atom is -0.406 e. The average Bonchev–Trinajstić information content (AvgIpc) is 2.83. The summed E-state index contributed by atoms with van der Waals surface area (Å²) in [7, 11) is -2.59. The number of benzene rings is 3. The van der Waals surface area contributed by atoms with Gasteiger partial charge >= 0.3 is 0 Å². The van der Waals surface area contributed by atoms with E-state index in [-0.39, 0.29) is 17.1 Å². The lowest BCUT2D eigenvalue weighted by molar-refractivity contribution is 0.134. The van der Waals surface area contributed by atoms with Crippen molar-refractivity contribution in [3.63, 3.8) is 0 Å². The second kappa shape index (κ2) is 10.5. The Labute approximate surface area is 218 Å². The van der Waals surface area contributed by atoms with Crippen LogP contribution >= 0.6 is 0 Å². The molecule has 0 bridgehead atoms. The Balaban J connectivity index is 1.68. The maximum atomic E-state index is 10.2. The Morgan fingerprint density at radius 1 is 0.889 bits per heavy atom. The van der Waals surface area contributed by atoms with E-state index < -0.39 is 13.9 Å². The van der Waals surface area contributed by atoms with Crippen LogP contribution in [0.5, 0.6) is 0 Å². The molecule has 4 heteroatoms. The molecule has 1 aliphatic heterocycles. The summed E-state index contributed by atoms with van der Waals surface area (Å²) in [6.07, 6.45) is 4.84. The molecule has 1 aliphatic rings. The molecule has 3 nitrogen and oxygen atoms in total. The summed E-state index contributed by atoms with van der Waals surface area (Å²) in [5.41, 5.74) is 3.01. The highest BCUT2D eigenvalue weighted by atomic mass is 28.4. The van der Waals surface area contributed by atoms with Gasteiger partial charge < -0.3 is 14.8 Å². The molecule has 1 heterocycles. The molecule has 0 aromatic heterocycles. The first-order valence-corrected chi connectivity index (χ1v) is 15.0. The molecule has 2 atom stereocenters. The van der Waals surface area contributed by atoms with Crippen molar-refractivity contribution in [1.82, 2.24) is 5.32 Å². The summed E-state index contributed by atoms with van der Waals surface area (Å²) < 4.78 is 7.24. The van der Waals surface area contributed by atoms with Crippen LogP contribution in [0.1, 0.15) is 64.3 Å².